The second-order valence-corrected chi connectivity index (χ2v) is 2.63. The Hall–Kier alpha value is -0.830. The summed E-state index contributed by atoms with van der Waals surface area (Å²) in [5.41, 5.74) is 2.13. The van der Waals surface area contributed by atoms with Crippen LogP contribution in [0.15, 0.2) is 0 Å². The molecule has 0 saturated carbocycles. The van der Waals surface area contributed by atoms with Gasteiger partial charge in [-0.25, -0.2) is 0 Å². The summed E-state index contributed by atoms with van der Waals surface area (Å²) < 4.78 is 0. The molecule has 3 nitrogen and oxygen atoms in total. The molecule has 0 unspecified atom stereocenters. The van der Waals surface area contributed by atoms with Crippen LogP contribution in [0.25, 0.3) is 0 Å². The first-order valence-electron chi connectivity index (χ1n) is 3.27. The molecule has 0 bridgehead atoms. The van der Waals surface area contributed by atoms with Crippen LogP contribution in [0, 0.1) is 13.8 Å². The van der Waals surface area contributed by atoms with Crippen molar-refractivity contribution in [2.24, 2.45) is 0 Å². The number of rotatable bonds is 2. The lowest BCUT2D eigenvalue weighted by atomic mass is 10.1. The number of halogens is 1. The summed E-state index contributed by atoms with van der Waals surface area (Å²) in [6, 6.07) is 0. The number of hydrogen-bond acceptors (Lipinski definition) is 2. The first-order valence-corrected chi connectivity index (χ1v) is 3.81. The first-order chi connectivity index (χ1) is 5.16. The number of carbonyl (C=O) groups excluding carboxylic acids is 1. The van der Waals surface area contributed by atoms with Gasteiger partial charge >= 0.3 is 0 Å². The lowest BCUT2D eigenvalue weighted by Gasteiger charge is -1.93. The summed E-state index contributed by atoms with van der Waals surface area (Å²) >= 11 is 5.40. The maximum Gasteiger partial charge on any atom is 0.181 e. The van der Waals surface area contributed by atoms with Gasteiger partial charge in [0.25, 0.3) is 0 Å². The van der Waals surface area contributed by atoms with Gasteiger partial charge < -0.3 is 0 Å². The second kappa shape index (κ2) is 3.05. The summed E-state index contributed by atoms with van der Waals surface area (Å²) in [5, 5.41) is 6.60. The molecular formula is C7H9ClN2O. The molecule has 0 aliphatic carbocycles. The number of carbonyl (C=O) groups is 1. The fourth-order valence-electron chi connectivity index (χ4n) is 1.03. The number of hydrogen-bond donors (Lipinski definition) is 1. The number of ketones is 1. The molecule has 0 radical (unpaired) electrons. The fourth-order valence-corrected chi connectivity index (χ4v) is 1.16. The summed E-state index contributed by atoms with van der Waals surface area (Å²) in [5.74, 6) is -0.0586. The standard InChI is InChI=1S/C7H9ClN2O/c1-4-7(6(11)3-8)5(2)10-9-4/h3H2,1-2H3,(H,9,10). The monoisotopic (exact) mass is 172 g/mol. The normalized spacial score (nSPS) is 10.1. The minimum absolute atomic E-state index is 0.0151. The maximum absolute atomic E-state index is 11.1. The molecule has 0 aliphatic rings. The third-order valence-corrected chi connectivity index (χ3v) is 1.77. The van der Waals surface area contributed by atoms with Gasteiger partial charge in [0, 0.05) is 5.69 Å². The van der Waals surface area contributed by atoms with Gasteiger partial charge in [0.1, 0.15) is 0 Å². The predicted octanol–water partition coefficient (Wildman–Crippen LogP) is 1.45. The molecule has 1 aromatic rings. The molecule has 0 aromatic carbocycles. The van der Waals surface area contributed by atoms with Gasteiger partial charge in [-0.1, -0.05) is 0 Å². The number of nitrogens with zero attached hydrogens (tertiary/aromatic N) is 1. The van der Waals surface area contributed by atoms with Gasteiger partial charge in [-0.15, -0.1) is 11.6 Å². The van der Waals surface area contributed by atoms with E-state index in [0.717, 1.165) is 5.69 Å². The van der Waals surface area contributed by atoms with E-state index in [4.69, 9.17) is 11.6 Å². The van der Waals surface area contributed by atoms with Crippen LogP contribution in [0.3, 0.4) is 0 Å². The molecule has 4 heteroatoms. The van der Waals surface area contributed by atoms with E-state index in [0.29, 0.717) is 11.3 Å². The molecule has 0 fully saturated rings. The Morgan fingerprint density at radius 1 is 1.64 bits per heavy atom. The van der Waals surface area contributed by atoms with E-state index in [1.807, 2.05) is 0 Å². The van der Waals surface area contributed by atoms with E-state index in [-0.39, 0.29) is 11.7 Å². The van der Waals surface area contributed by atoms with E-state index >= 15 is 0 Å². The number of Topliss-reactive ketones (excluding diaryl/α,β-unsaturated/α-hetero) is 1. The van der Waals surface area contributed by atoms with E-state index in [1.54, 1.807) is 13.8 Å². The van der Waals surface area contributed by atoms with Crippen molar-refractivity contribution in [2.75, 3.05) is 5.88 Å². The summed E-state index contributed by atoms with van der Waals surface area (Å²) in [6.07, 6.45) is 0. The Bertz CT molecular complexity index is 260. The first kappa shape index (κ1) is 8.27. The highest BCUT2D eigenvalue weighted by Crippen LogP contribution is 2.10. The molecular weight excluding hydrogens is 164 g/mol. The SMILES string of the molecule is Cc1n[nH]c(C)c1C(=O)CCl. The third-order valence-electron chi connectivity index (χ3n) is 1.53. The van der Waals surface area contributed by atoms with Gasteiger partial charge in [0.05, 0.1) is 17.1 Å². The highest BCUT2D eigenvalue weighted by atomic mass is 35.5. The van der Waals surface area contributed by atoms with Crippen LogP contribution in [0.4, 0.5) is 0 Å². The van der Waals surface area contributed by atoms with Crippen molar-refractivity contribution in [2.45, 2.75) is 13.8 Å². The van der Waals surface area contributed by atoms with E-state index < -0.39 is 0 Å². The van der Waals surface area contributed by atoms with E-state index in [2.05, 4.69) is 10.2 Å². The van der Waals surface area contributed by atoms with E-state index in [1.165, 1.54) is 0 Å². The average molecular weight is 173 g/mol. The van der Waals surface area contributed by atoms with Crippen molar-refractivity contribution in [1.29, 1.82) is 0 Å². The molecule has 0 spiro atoms. The van der Waals surface area contributed by atoms with Crippen LogP contribution in [0.1, 0.15) is 21.7 Å². The van der Waals surface area contributed by atoms with Crippen molar-refractivity contribution >= 4 is 17.4 Å². The van der Waals surface area contributed by atoms with E-state index in [9.17, 15) is 4.79 Å². The third kappa shape index (κ3) is 1.43. The fraction of sp³-hybridized carbons (Fsp3) is 0.429. The second-order valence-electron chi connectivity index (χ2n) is 2.37. The highest BCUT2D eigenvalue weighted by molar-refractivity contribution is 6.30. The van der Waals surface area contributed by atoms with Gasteiger partial charge in [-0.3, -0.25) is 9.89 Å². The minimum Gasteiger partial charge on any atom is -0.293 e. The lowest BCUT2D eigenvalue weighted by Crippen LogP contribution is -2.02. The zero-order chi connectivity index (χ0) is 8.43. The summed E-state index contributed by atoms with van der Waals surface area (Å²) in [4.78, 5) is 11.1. The van der Waals surface area contributed by atoms with Crippen molar-refractivity contribution in [3.63, 3.8) is 0 Å². The molecule has 1 aromatic heterocycles. The van der Waals surface area contributed by atoms with Crippen LogP contribution in [0.5, 0.6) is 0 Å². The highest BCUT2D eigenvalue weighted by Gasteiger charge is 2.13. The van der Waals surface area contributed by atoms with Gasteiger partial charge in [0.15, 0.2) is 5.78 Å². The molecule has 0 aliphatic heterocycles. The van der Waals surface area contributed by atoms with Crippen molar-refractivity contribution < 1.29 is 4.79 Å². The molecule has 0 saturated heterocycles. The van der Waals surface area contributed by atoms with Crippen LogP contribution < -0.4 is 0 Å². The Morgan fingerprint density at radius 2 is 2.27 bits per heavy atom. The molecule has 0 atom stereocenters. The number of H-pyrrole nitrogens is 1. The summed E-state index contributed by atoms with van der Waals surface area (Å²) in [6.45, 7) is 3.59. The van der Waals surface area contributed by atoms with Crippen molar-refractivity contribution in [3.8, 4) is 0 Å². The lowest BCUT2D eigenvalue weighted by molar-refractivity contribution is 0.102. The van der Waals surface area contributed by atoms with Gasteiger partial charge in [0.2, 0.25) is 0 Å². The number of nitrogens with one attached hydrogen (secondary N) is 1. The summed E-state index contributed by atoms with van der Waals surface area (Å²) in [7, 11) is 0. The number of aryl methyl sites for hydroxylation is 2. The maximum atomic E-state index is 11.1. The number of aromatic nitrogens is 2. The molecule has 1 heterocycles. The quantitative estimate of drug-likeness (QED) is 0.542. The van der Waals surface area contributed by atoms with Gasteiger partial charge in [-0.05, 0) is 13.8 Å². The van der Waals surface area contributed by atoms with Crippen LogP contribution in [0.2, 0.25) is 0 Å². The molecule has 11 heavy (non-hydrogen) atoms. The van der Waals surface area contributed by atoms with Crippen molar-refractivity contribution in [3.05, 3.63) is 17.0 Å². The minimum atomic E-state index is -0.0737. The molecule has 60 valence electrons. The predicted molar refractivity (Wildman–Crippen MR) is 43.1 cm³/mol. The largest absolute Gasteiger partial charge is 0.293 e. The van der Waals surface area contributed by atoms with Gasteiger partial charge in [-0.2, -0.15) is 5.10 Å². The topological polar surface area (TPSA) is 45.8 Å². The number of aromatic amines is 1. The molecule has 1 rings (SSSR count). The zero-order valence-corrected chi connectivity index (χ0v) is 7.20. The Kier molecular flexibility index (Phi) is 2.29. The average Bonchev–Trinajstić information content (AvgIpc) is 2.30. The van der Waals surface area contributed by atoms with Crippen molar-refractivity contribution in [1.82, 2.24) is 10.2 Å². The molecule has 0 amide bonds. The smallest absolute Gasteiger partial charge is 0.181 e. The number of alkyl halides is 1. The molecule has 1 N–H and O–H groups in total. The zero-order valence-electron chi connectivity index (χ0n) is 6.44. The van der Waals surface area contributed by atoms with Crippen LogP contribution in [-0.4, -0.2) is 21.9 Å². The Labute approximate surface area is 69.8 Å². The Morgan fingerprint density at radius 3 is 2.64 bits per heavy atom. The van der Waals surface area contributed by atoms with Crippen LogP contribution >= 0.6 is 11.6 Å². The van der Waals surface area contributed by atoms with Crippen LogP contribution in [-0.2, 0) is 0 Å². The Balaban J connectivity index is 3.10.